The van der Waals surface area contributed by atoms with E-state index in [0.29, 0.717) is 12.2 Å². The van der Waals surface area contributed by atoms with Crippen LogP contribution in [0.1, 0.15) is 22.3 Å². The van der Waals surface area contributed by atoms with Crippen LogP contribution in [0.4, 0.5) is 0 Å². The Bertz CT molecular complexity index is 1010. The quantitative estimate of drug-likeness (QED) is 0.552. The molecule has 0 spiro atoms. The molecule has 0 saturated carbocycles. The van der Waals surface area contributed by atoms with Crippen molar-refractivity contribution in [1.29, 1.82) is 0 Å². The van der Waals surface area contributed by atoms with Gasteiger partial charge in [-0.25, -0.2) is 4.98 Å². The highest BCUT2D eigenvalue weighted by Crippen LogP contribution is 2.30. The molecule has 1 N–H and O–H groups in total. The Morgan fingerprint density at radius 2 is 2.08 bits per heavy atom. The van der Waals surface area contributed by atoms with Gasteiger partial charge in [-0.15, -0.1) is 22.7 Å². The molecule has 6 heteroatoms. The Hall–Kier alpha value is -2.44. The number of thiazole rings is 1. The van der Waals surface area contributed by atoms with E-state index < -0.39 is 0 Å². The Balaban J connectivity index is 1.59. The first-order valence-electron chi connectivity index (χ1n) is 8.11. The maximum atomic E-state index is 12.3. The molecule has 0 aliphatic heterocycles. The van der Waals surface area contributed by atoms with Gasteiger partial charge in [0, 0.05) is 27.7 Å². The number of amides is 1. The molecule has 4 aromatic rings. The normalized spacial score (nSPS) is 11.1. The summed E-state index contributed by atoms with van der Waals surface area (Å²) in [5.74, 6) is -0.130. The Kier molecular flexibility index (Phi) is 4.38. The molecule has 1 aromatic carbocycles. The lowest BCUT2D eigenvalue weighted by atomic mass is 10.2. The van der Waals surface area contributed by atoms with Gasteiger partial charge in [0.05, 0.1) is 12.2 Å². The first kappa shape index (κ1) is 16.1. The van der Waals surface area contributed by atoms with Gasteiger partial charge in [-0.3, -0.25) is 4.79 Å². The summed E-state index contributed by atoms with van der Waals surface area (Å²) in [5.41, 5.74) is 2.73. The van der Waals surface area contributed by atoms with Crippen molar-refractivity contribution in [3.8, 4) is 10.7 Å². The highest BCUT2D eigenvalue weighted by atomic mass is 32.1. The largest absolute Gasteiger partial charge is 0.346 e. The van der Waals surface area contributed by atoms with E-state index in [2.05, 4.69) is 40.0 Å². The zero-order valence-corrected chi connectivity index (χ0v) is 15.4. The molecule has 0 unspecified atom stereocenters. The van der Waals surface area contributed by atoms with E-state index in [1.165, 1.54) is 22.2 Å². The van der Waals surface area contributed by atoms with Crippen LogP contribution >= 0.6 is 22.7 Å². The van der Waals surface area contributed by atoms with Crippen LogP contribution in [-0.2, 0) is 13.1 Å². The third kappa shape index (κ3) is 3.10. The predicted octanol–water partition coefficient (Wildman–Crippen LogP) is 4.78. The van der Waals surface area contributed by atoms with Crippen molar-refractivity contribution < 1.29 is 4.79 Å². The molecular weight excluding hydrogens is 350 g/mol. The fourth-order valence-corrected chi connectivity index (χ4v) is 4.36. The molecule has 126 valence electrons. The molecule has 0 aliphatic rings. The van der Waals surface area contributed by atoms with E-state index in [9.17, 15) is 4.79 Å². The monoisotopic (exact) mass is 367 g/mol. The summed E-state index contributed by atoms with van der Waals surface area (Å²) in [6, 6.07) is 14.4. The number of nitrogens with zero attached hydrogens (tertiary/aromatic N) is 2. The van der Waals surface area contributed by atoms with Crippen molar-refractivity contribution in [1.82, 2.24) is 14.9 Å². The second kappa shape index (κ2) is 6.82. The first-order valence-corrected chi connectivity index (χ1v) is 9.87. The number of benzene rings is 1. The SMILES string of the molecule is CCn1c(-c2nc(C(=O)NCc3cccs3)cs2)cc2ccccc21. The number of aromatic nitrogens is 2. The van der Waals surface area contributed by atoms with Gasteiger partial charge in [-0.2, -0.15) is 0 Å². The molecule has 3 heterocycles. The molecule has 1 amide bonds. The number of thiophene rings is 1. The number of nitrogens with one attached hydrogen (secondary N) is 1. The van der Waals surface area contributed by atoms with E-state index in [-0.39, 0.29) is 5.91 Å². The summed E-state index contributed by atoms with van der Waals surface area (Å²) in [7, 11) is 0. The fraction of sp³-hybridized carbons (Fsp3) is 0.158. The average Bonchev–Trinajstić information content (AvgIpc) is 3.38. The summed E-state index contributed by atoms with van der Waals surface area (Å²) in [5, 5.41) is 8.83. The number of fused-ring (bicyclic) bond motifs is 1. The highest BCUT2D eigenvalue weighted by Gasteiger charge is 2.16. The van der Waals surface area contributed by atoms with E-state index in [0.717, 1.165) is 22.1 Å². The number of hydrogen-bond donors (Lipinski definition) is 1. The van der Waals surface area contributed by atoms with Gasteiger partial charge in [0.2, 0.25) is 0 Å². The molecule has 0 radical (unpaired) electrons. The summed E-state index contributed by atoms with van der Waals surface area (Å²) in [4.78, 5) is 18.0. The van der Waals surface area contributed by atoms with E-state index in [1.54, 1.807) is 11.3 Å². The summed E-state index contributed by atoms with van der Waals surface area (Å²) < 4.78 is 2.24. The number of rotatable bonds is 5. The van der Waals surface area contributed by atoms with Crippen molar-refractivity contribution in [2.75, 3.05) is 0 Å². The van der Waals surface area contributed by atoms with Crippen molar-refractivity contribution >= 4 is 39.5 Å². The minimum absolute atomic E-state index is 0.130. The zero-order chi connectivity index (χ0) is 17.2. The maximum absolute atomic E-state index is 12.3. The summed E-state index contributed by atoms with van der Waals surface area (Å²) in [6.07, 6.45) is 0. The third-order valence-corrected chi connectivity index (χ3v) is 5.83. The molecule has 4 nitrogen and oxygen atoms in total. The number of para-hydroxylation sites is 1. The van der Waals surface area contributed by atoms with Gasteiger partial charge < -0.3 is 9.88 Å². The lowest BCUT2D eigenvalue weighted by Gasteiger charge is -2.05. The van der Waals surface area contributed by atoms with Gasteiger partial charge >= 0.3 is 0 Å². The zero-order valence-electron chi connectivity index (χ0n) is 13.7. The number of hydrogen-bond acceptors (Lipinski definition) is 4. The minimum Gasteiger partial charge on any atom is -0.346 e. The van der Waals surface area contributed by atoms with Crippen LogP contribution in [0.15, 0.2) is 53.2 Å². The third-order valence-electron chi connectivity index (χ3n) is 4.09. The molecular formula is C19H17N3OS2. The highest BCUT2D eigenvalue weighted by molar-refractivity contribution is 7.13. The van der Waals surface area contributed by atoms with Crippen LogP contribution in [0.2, 0.25) is 0 Å². The van der Waals surface area contributed by atoms with Crippen molar-refractivity contribution in [3.63, 3.8) is 0 Å². The van der Waals surface area contributed by atoms with Gasteiger partial charge in [-0.05, 0) is 30.5 Å². The molecule has 0 saturated heterocycles. The molecule has 0 fully saturated rings. The first-order chi connectivity index (χ1) is 12.3. The smallest absolute Gasteiger partial charge is 0.271 e. The van der Waals surface area contributed by atoms with Crippen LogP contribution in [0.5, 0.6) is 0 Å². The second-order valence-corrected chi connectivity index (χ2v) is 7.52. The van der Waals surface area contributed by atoms with Crippen LogP contribution in [0.25, 0.3) is 21.6 Å². The maximum Gasteiger partial charge on any atom is 0.271 e. The van der Waals surface area contributed by atoms with E-state index in [4.69, 9.17) is 0 Å². The number of carbonyl (C=O) groups is 1. The summed E-state index contributed by atoms with van der Waals surface area (Å²) >= 11 is 3.14. The van der Waals surface area contributed by atoms with Crippen molar-refractivity contribution in [2.24, 2.45) is 0 Å². The van der Waals surface area contributed by atoms with Crippen LogP contribution < -0.4 is 5.32 Å². The Labute approximate surface area is 153 Å². The molecule has 3 aromatic heterocycles. The molecule has 0 atom stereocenters. The van der Waals surface area contributed by atoms with Gasteiger partial charge in [0.25, 0.3) is 5.91 Å². The molecule has 0 bridgehead atoms. The average molecular weight is 367 g/mol. The molecule has 0 aliphatic carbocycles. The minimum atomic E-state index is -0.130. The lowest BCUT2D eigenvalue weighted by molar-refractivity contribution is 0.0947. The van der Waals surface area contributed by atoms with Gasteiger partial charge in [0.1, 0.15) is 10.7 Å². The van der Waals surface area contributed by atoms with E-state index >= 15 is 0 Å². The topological polar surface area (TPSA) is 46.9 Å². The lowest BCUT2D eigenvalue weighted by Crippen LogP contribution is -2.22. The van der Waals surface area contributed by atoms with Crippen molar-refractivity contribution in [2.45, 2.75) is 20.0 Å². The molecule has 25 heavy (non-hydrogen) atoms. The van der Waals surface area contributed by atoms with Gasteiger partial charge in [-0.1, -0.05) is 24.3 Å². The van der Waals surface area contributed by atoms with Crippen LogP contribution in [0, 0.1) is 0 Å². The van der Waals surface area contributed by atoms with Crippen LogP contribution in [-0.4, -0.2) is 15.5 Å². The van der Waals surface area contributed by atoms with Crippen molar-refractivity contribution in [3.05, 3.63) is 63.8 Å². The summed E-state index contributed by atoms with van der Waals surface area (Å²) in [6.45, 7) is 3.53. The predicted molar refractivity (Wildman–Crippen MR) is 104 cm³/mol. The van der Waals surface area contributed by atoms with Gasteiger partial charge in [0.15, 0.2) is 0 Å². The fourth-order valence-electron chi connectivity index (χ4n) is 2.90. The second-order valence-electron chi connectivity index (χ2n) is 5.63. The number of carbonyl (C=O) groups excluding carboxylic acids is 1. The molecule has 4 rings (SSSR count). The Morgan fingerprint density at radius 3 is 2.88 bits per heavy atom. The van der Waals surface area contributed by atoms with Crippen LogP contribution in [0.3, 0.4) is 0 Å². The number of aryl methyl sites for hydroxylation is 1. The standard InChI is InChI=1S/C19H17N3OS2/c1-2-22-16-8-4-3-6-13(16)10-17(22)19-21-15(12-25-19)18(23)20-11-14-7-5-9-24-14/h3-10,12H,2,11H2,1H3,(H,20,23). The van der Waals surface area contributed by atoms with E-state index in [1.807, 2.05) is 35.0 Å². The Morgan fingerprint density at radius 1 is 1.20 bits per heavy atom.